The van der Waals surface area contributed by atoms with Gasteiger partial charge in [0.1, 0.15) is 6.61 Å². The molecule has 0 amide bonds. The first kappa shape index (κ1) is 53.1. The monoisotopic (exact) mass is 788 g/mol. The van der Waals surface area contributed by atoms with Crippen LogP contribution in [0.15, 0.2) is 12.3 Å². The van der Waals surface area contributed by atoms with Gasteiger partial charge in [-0.05, 0) is 25.3 Å². The summed E-state index contributed by atoms with van der Waals surface area (Å²) in [5, 5.41) is 0. The average molecular weight is 788 g/mol. The van der Waals surface area contributed by atoms with Crippen molar-refractivity contribution in [1.29, 1.82) is 0 Å². The predicted octanol–water partition coefficient (Wildman–Crippen LogP) is 14.2. The molecular weight excluding hydrogens is 697 g/mol. The maximum atomic E-state index is 12.4. The predicted molar refractivity (Wildman–Crippen MR) is 229 cm³/mol. The summed E-state index contributed by atoms with van der Waals surface area (Å²) in [6, 6.07) is 0. The lowest BCUT2D eigenvalue weighted by atomic mass is 10.0. The van der Waals surface area contributed by atoms with Crippen molar-refractivity contribution in [2.45, 2.75) is 245 Å². The lowest BCUT2D eigenvalue weighted by molar-refractivity contribution is -0.147. The second-order valence-electron chi connectivity index (χ2n) is 15.7. The molecule has 0 spiro atoms. The Morgan fingerprint density at radius 1 is 0.556 bits per heavy atom. The third kappa shape index (κ3) is 42.2. The molecule has 0 aliphatic heterocycles. The fourth-order valence-corrected chi connectivity index (χ4v) is 7.57. The van der Waals surface area contributed by atoms with Crippen LogP contribution in [0, 0.1) is 0 Å². The normalized spacial score (nSPS) is 13.4. The van der Waals surface area contributed by atoms with Crippen molar-refractivity contribution in [3.8, 4) is 0 Å². The van der Waals surface area contributed by atoms with Gasteiger partial charge in [-0.15, -0.1) is 0 Å². The van der Waals surface area contributed by atoms with Gasteiger partial charge in [0.15, 0.2) is 6.10 Å². The minimum atomic E-state index is -4.26. The van der Waals surface area contributed by atoms with E-state index in [4.69, 9.17) is 24.3 Å². The summed E-state index contributed by atoms with van der Waals surface area (Å²) in [7, 11) is -4.26. The Morgan fingerprint density at radius 2 is 0.926 bits per heavy atom. The third-order valence-electron chi connectivity index (χ3n) is 10.3. The van der Waals surface area contributed by atoms with E-state index < -0.39 is 13.9 Å². The molecule has 0 heterocycles. The number of allylic oxidation sites excluding steroid dienone is 1. The fourth-order valence-electron chi connectivity index (χ4n) is 6.81. The molecule has 0 saturated heterocycles. The highest BCUT2D eigenvalue weighted by molar-refractivity contribution is 7.47. The van der Waals surface area contributed by atoms with Crippen LogP contribution >= 0.6 is 7.82 Å². The number of carbonyl (C=O) groups is 1. The molecule has 0 aromatic rings. The van der Waals surface area contributed by atoms with Crippen LogP contribution in [0.4, 0.5) is 0 Å². The van der Waals surface area contributed by atoms with E-state index in [9.17, 15) is 14.3 Å². The molecule has 0 rings (SSSR count). The molecule has 0 saturated carbocycles. The van der Waals surface area contributed by atoms with Crippen LogP contribution in [0.3, 0.4) is 0 Å². The first-order valence-electron chi connectivity index (χ1n) is 23.2. The zero-order valence-corrected chi connectivity index (χ0v) is 36.6. The summed E-state index contributed by atoms with van der Waals surface area (Å²) in [6.45, 7) is 4.26. The Kier molecular flexibility index (Phi) is 42.5. The standard InChI is InChI=1S/C45H90NO7P/c1-3-5-7-9-11-13-15-17-19-20-21-22-23-24-25-26-28-30-32-34-36-38-45(47)51-42-44(43-53-54(48,49)52-41-39-46)50-40-37-35-33-31-29-27-18-16-14-12-10-8-6-4-2/h37,40,44H,3-36,38-39,41-43,46H2,1-2H3,(H,48,49). The molecule has 2 atom stereocenters. The van der Waals surface area contributed by atoms with Crippen LogP contribution in [0.5, 0.6) is 0 Å². The zero-order valence-electron chi connectivity index (χ0n) is 35.7. The van der Waals surface area contributed by atoms with Gasteiger partial charge in [0.2, 0.25) is 0 Å². The van der Waals surface area contributed by atoms with Crippen molar-refractivity contribution in [2.75, 3.05) is 26.4 Å². The van der Waals surface area contributed by atoms with E-state index in [-0.39, 0.29) is 32.3 Å². The fraction of sp³-hybridized carbons (Fsp3) is 0.933. The number of rotatable bonds is 45. The molecule has 54 heavy (non-hydrogen) atoms. The highest BCUT2D eigenvalue weighted by Gasteiger charge is 2.24. The Morgan fingerprint density at radius 3 is 1.31 bits per heavy atom. The van der Waals surface area contributed by atoms with Crippen molar-refractivity contribution >= 4 is 13.8 Å². The Balaban J connectivity index is 3.94. The van der Waals surface area contributed by atoms with E-state index in [1.807, 2.05) is 6.08 Å². The van der Waals surface area contributed by atoms with Gasteiger partial charge in [0, 0.05) is 13.0 Å². The van der Waals surface area contributed by atoms with Crippen LogP contribution in [0.1, 0.15) is 239 Å². The van der Waals surface area contributed by atoms with E-state index in [2.05, 4.69) is 13.8 Å². The highest BCUT2D eigenvalue weighted by atomic mass is 31.2. The van der Waals surface area contributed by atoms with Crippen molar-refractivity contribution in [2.24, 2.45) is 5.73 Å². The number of nitrogens with two attached hydrogens (primary N) is 1. The van der Waals surface area contributed by atoms with Crippen LogP contribution in [0.2, 0.25) is 0 Å². The van der Waals surface area contributed by atoms with E-state index in [0.717, 1.165) is 32.1 Å². The Bertz CT molecular complexity index is 843. The largest absolute Gasteiger partial charge is 0.492 e. The van der Waals surface area contributed by atoms with Crippen LogP contribution < -0.4 is 5.73 Å². The molecule has 9 heteroatoms. The quantitative estimate of drug-likeness (QED) is 0.0271. The molecule has 0 bridgehead atoms. The van der Waals surface area contributed by atoms with Gasteiger partial charge in [-0.1, -0.05) is 213 Å². The number of phosphoric acid groups is 1. The molecule has 0 aromatic heterocycles. The molecule has 0 fully saturated rings. The number of unbranched alkanes of at least 4 members (excludes halogenated alkanes) is 32. The molecule has 0 radical (unpaired) electrons. The smallest absolute Gasteiger partial charge is 0.472 e. The number of esters is 1. The summed E-state index contributed by atoms with van der Waals surface area (Å²) in [5.74, 6) is -0.284. The van der Waals surface area contributed by atoms with Gasteiger partial charge in [-0.25, -0.2) is 4.57 Å². The summed E-state index contributed by atoms with van der Waals surface area (Å²) in [6.07, 6.45) is 47.7. The van der Waals surface area contributed by atoms with E-state index >= 15 is 0 Å². The Hall–Kier alpha value is -0.920. The van der Waals surface area contributed by atoms with Crippen molar-refractivity contribution in [1.82, 2.24) is 0 Å². The lowest BCUT2D eigenvalue weighted by Crippen LogP contribution is -2.25. The molecule has 0 aliphatic rings. The average Bonchev–Trinajstić information content (AvgIpc) is 3.16. The first-order chi connectivity index (χ1) is 26.4. The molecule has 3 N–H and O–H groups in total. The van der Waals surface area contributed by atoms with Gasteiger partial charge >= 0.3 is 13.8 Å². The number of hydrogen-bond acceptors (Lipinski definition) is 7. The number of hydrogen-bond donors (Lipinski definition) is 2. The minimum Gasteiger partial charge on any atom is -0.492 e. The minimum absolute atomic E-state index is 0.0576. The number of ether oxygens (including phenoxy) is 2. The van der Waals surface area contributed by atoms with Crippen molar-refractivity contribution in [3.05, 3.63) is 12.3 Å². The highest BCUT2D eigenvalue weighted by Crippen LogP contribution is 2.43. The molecular formula is C45H90NO7P. The lowest BCUT2D eigenvalue weighted by Gasteiger charge is -2.19. The topological polar surface area (TPSA) is 117 Å². The third-order valence-corrected chi connectivity index (χ3v) is 11.3. The number of carbonyl (C=O) groups excluding carboxylic acids is 1. The second-order valence-corrected chi connectivity index (χ2v) is 17.2. The summed E-state index contributed by atoms with van der Waals surface area (Å²) < 4.78 is 33.2. The van der Waals surface area contributed by atoms with Crippen LogP contribution in [-0.2, 0) is 27.9 Å². The summed E-state index contributed by atoms with van der Waals surface area (Å²) in [4.78, 5) is 22.3. The second kappa shape index (κ2) is 43.2. The van der Waals surface area contributed by atoms with Gasteiger partial charge in [0.25, 0.3) is 0 Å². The molecule has 8 nitrogen and oxygen atoms in total. The van der Waals surface area contributed by atoms with Crippen molar-refractivity contribution < 1.29 is 32.8 Å². The number of phosphoric ester groups is 1. The van der Waals surface area contributed by atoms with E-state index in [1.165, 1.54) is 186 Å². The SMILES string of the molecule is CCCCCCCCCCCCCCC=COC(COC(=O)CCCCCCCCCCCCCCCCCCCCCCC)COP(=O)(O)OCCN. The maximum absolute atomic E-state index is 12.4. The first-order valence-corrected chi connectivity index (χ1v) is 24.7. The van der Waals surface area contributed by atoms with Gasteiger partial charge < -0.3 is 20.1 Å². The van der Waals surface area contributed by atoms with Gasteiger partial charge in [0.05, 0.1) is 19.5 Å². The summed E-state index contributed by atoms with van der Waals surface area (Å²) >= 11 is 0. The van der Waals surface area contributed by atoms with Crippen LogP contribution in [-0.4, -0.2) is 43.3 Å². The zero-order chi connectivity index (χ0) is 39.5. The van der Waals surface area contributed by atoms with E-state index in [1.54, 1.807) is 6.26 Å². The summed E-state index contributed by atoms with van der Waals surface area (Å²) in [5.41, 5.74) is 5.37. The van der Waals surface area contributed by atoms with E-state index in [0.29, 0.717) is 6.42 Å². The van der Waals surface area contributed by atoms with Gasteiger partial charge in [-0.2, -0.15) is 0 Å². The molecule has 2 unspecified atom stereocenters. The molecule has 0 aromatic carbocycles. The molecule has 0 aliphatic carbocycles. The van der Waals surface area contributed by atoms with Crippen LogP contribution in [0.25, 0.3) is 0 Å². The van der Waals surface area contributed by atoms with Crippen molar-refractivity contribution in [3.63, 3.8) is 0 Å². The Labute approximate surface area is 334 Å². The van der Waals surface area contributed by atoms with Gasteiger partial charge in [-0.3, -0.25) is 13.8 Å². The maximum Gasteiger partial charge on any atom is 0.472 e. The molecule has 322 valence electrons.